The molecule has 1 aromatic heterocycles. The predicted octanol–water partition coefficient (Wildman–Crippen LogP) is 2.54. The summed E-state index contributed by atoms with van der Waals surface area (Å²) in [6.07, 6.45) is 0.383. The van der Waals surface area contributed by atoms with E-state index in [2.05, 4.69) is 10.3 Å². The van der Waals surface area contributed by atoms with Crippen molar-refractivity contribution in [3.8, 4) is 0 Å². The number of carbonyl (C=O) groups excluding carboxylic acids is 2. The standard InChI is InChI=1S/C19H23N3O4/c1-19(2,3)26-18(25)22-11-14(23)9-16(22)17(24)21-13-8-12-6-4-5-7-15(12)20-10-13/h4-8,10,14,16,23H,9,11H2,1-3H3,(H,21,24)/t14?,16-/m0/s1. The first kappa shape index (κ1) is 18.1. The van der Waals surface area contributed by atoms with E-state index in [0.29, 0.717) is 5.69 Å². The van der Waals surface area contributed by atoms with Gasteiger partial charge in [-0.15, -0.1) is 0 Å². The smallest absolute Gasteiger partial charge is 0.411 e. The summed E-state index contributed by atoms with van der Waals surface area (Å²) in [5.74, 6) is -0.371. The van der Waals surface area contributed by atoms with E-state index in [9.17, 15) is 14.7 Å². The van der Waals surface area contributed by atoms with Crippen LogP contribution in [0.4, 0.5) is 10.5 Å². The Morgan fingerprint density at radius 3 is 2.77 bits per heavy atom. The number of nitrogens with zero attached hydrogens (tertiary/aromatic N) is 2. The number of benzene rings is 1. The Morgan fingerprint density at radius 1 is 1.31 bits per heavy atom. The van der Waals surface area contributed by atoms with Crippen molar-refractivity contribution in [3.05, 3.63) is 36.5 Å². The molecule has 2 heterocycles. The average Bonchev–Trinajstić information content (AvgIpc) is 2.95. The molecule has 7 heteroatoms. The van der Waals surface area contributed by atoms with Gasteiger partial charge in [-0.1, -0.05) is 18.2 Å². The lowest BCUT2D eigenvalue weighted by Gasteiger charge is -2.27. The minimum Gasteiger partial charge on any atom is -0.444 e. The molecule has 0 spiro atoms. The van der Waals surface area contributed by atoms with Gasteiger partial charge < -0.3 is 15.2 Å². The van der Waals surface area contributed by atoms with Gasteiger partial charge in [-0.05, 0) is 32.9 Å². The minimum absolute atomic E-state index is 0.0724. The first-order chi connectivity index (χ1) is 12.2. The Labute approximate surface area is 152 Å². The summed E-state index contributed by atoms with van der Waals surface area (Å²) in [5, 5.41) is 13.6. The lowest BCUT2D eigenvalue weighted by Crippen LogP contribution is -2.45. The number of ether oxygens (including phenoxy) is 1. The van der Waals surface area contributed by atoms with E-state index < -0.39 is 23.8 Å². The van der Waals surface area contributed by atoms with Crippen LogP contribution in [-0.4, -0.2) is 51.3 Å². The molecule has 7 nitrogen and oxygen atoms in total. The van der Waals surface area contributed by atoms with Gasteiger partial charge in [0.25, 0.3) is 0 Å². The molecule has 2 amide bonds. The summed E-state index contributed by atoms with van der Waals surface area (Å²) in [7, 11) is 0. The second-order valence-electron chi connectivity index (χ2n) is 7.44. The number of carbonyl (C=O) groups is 2. The Bertz CT molecular complexity index is 831. The molecule has 26 heavy (non-hydrogen) atoms. The van der Waals surface area contributed by atoms with Crippen molar-refractivity contribution in [1.29, 1.82) is 0 Å². The second kappa shape index (κ2) is 6.92. The Hall–Kier alpha value is -2.67. The third-order valence-electron chi connectivity index (χ3n) is 4.07. The quantitative estimate of drug-likeness (QED) is 0.862. The van der Waals surface area contributed by atoms with Crippen molar-refractivity contribution in [2.45, 2.75) is 44.9 Å². The second-order valence-corrected chi connectivity index (χ2v) is 7.44. The number of para-hydroxylation sites is 1. The molecule has 1 aromatic carbocycles. The van der Waals surface area contributed by atoms with Gasteiger partial charge in [-0.3, -0.25) is 14.7 Å². The summed E-state index contributed by atoms with van der Waals surface area (Å²) < 4.78 is 5.34. The van der Waals surface area contributed by atoms with Crippen molar-refractivity contribution < 1.29 is 19.4 Å². The van der Waals surface area contributed by atoms with Gasteiger partial charge in [-0.2, -0.15) is 0 Å². The molecule has 138 valence electrons. The van der Waals surface area contributed by atoms with Crippen LogP contribution in [0.25, 0.3) is 10.9 Å². The van der Waals surface area contributed by atoms with E-state index in [4.69, 9.17) is 4.74 Å². The van der Waals surface area contributed by atoms with E-state index in [0.717, 1.165) is 10.9 Å². The number of β-amino-alcohol motifs (C(OH)–C–C–N with tert-alkyl or cyclic N) is 1. The first-order valence-corrected chi connectivity index (χ1v) is 8.56. The fraction of sp³-hybridized carbons (Fsp3) is 0.421. The van der Waals surface area contributed by atoms with Gasteiger partial charge in [0, 0.05) is 11.8 Å². The third-order valence-corrected chi connectivity index (χ3v) is 4.07. The maximum atomic E-state index is 12.7. The molecule has 1 unspecified atom stereocenters. The number of likely N-dealkylation sites (tertiary alicyclic amines) is 1. The Morgan fingerprint density at radius 2 is 2.04 bits per heavy atom. The summed E-state index contributed by atoms with van der Waals surface area (Å²) in [5.41, 5.74) is 0.699. The van der Waals surface area contributed by atoms with Gasteiger partial charge in [0.05, 0.1) is 30.0 Å². The normalized spacial score (nSPS) is 20.2. The summed E-state index contributed by atoms with van der Waals surface area (Å²) >= 11 is 0. The molecule has 0 aliphatic carbocycles. The number of hydrogen-bond donors (Lipinski definition) is 2. The lowest BCUT2D eigenvalue weighted by atomic mass is 10.1. The lowest BCUT2D eigenvalue weighted by molar-refractivity contribution is -0.120. The van der Waals surface area contributed by atoms with Gasteiger partial charge in [0.15, 0.2) is 0 Å². The topological polar surface area (TPSA) is 91.8 Å². The SMILES string of the molecule is CC(C)(C)OC(=O)N1CC(O)C[C@H]1C(=O)Nc1cnc2ccccc2c1. The molecule has 2 aromatic rings. The summed E-state index contributed by atoms with van der Waals surface area (Å²) in [4.78, 5) is 30.6. The number of nitrogens with one attached hydrogen (secondary N) is 1. The van der Waals surface area contributed by atoms with Gasteiger partial charge in [0.2, 0.25) is 5.91 Å². The predicted molar refractivity (Wildman–Crippen MR) is 97.7 cm³/mol. The number of anilines is 1. The van der Waals surface area contributed by atoms with Gasteiger partial charge in [0.1, 0.15) is 11.6 Å². The van der Waals surface area contributed by atoms with Crippen LogP contribution in [0.2, 0.25) is 0 Å². The highest BCUT2D eigenvalue weighted by atomic mass is 16.6. The molecule has 1 aliphatic heterocycles. The van der Waals surface area contributed by atoms with Crippen molar-refractivity contribution >= 4 is 28.6 Å². The van der Waals surface area contributed by atoms with E-state index in [1.807, 2.05) is 30.3 Å². The minimum atomic E-state index is -0.786. The summed E-state index contributed by atoms with van der Waals surface area (Å²) in [6.45, 7) is 5.34. The zero-order valence-electron chi connectivity index (χ0n) is 15.1. The third kappa shape index (κ3) is 4.11. The molecule has 3 rings (SSSR count). The number of aliphatic hydroxyl groups is 1. The number of amides is 2. The zero-order valence-corrected chi connectivity index (χ0v) is 15.1. The molecular formula is C19H23N3O4. The number of fused-ring (bicyclic) bond motifs is 1. The first-order valence-electron chi connectivity index (χ1n) is 8.56. The highest BCUT2D eigenvalue weighted by Crippen LogP contribution is 2.23. The fourth-order valence-electron chi connectivity index (χ4n) is 2.95. The van der Waals surface area contributed by atoms with Crippen molar-refractivity contribution in [2.75, 3.05) is 11.9 Å². The highest BCUT2D eigenvalue weighted by Gasteiger charge is 2.40. The molecule has 2 N–H and O–H groups in total. The molecule has 0 radical (unpaired) electrons. The van der Waals surface area contributed by atoms with E-state index in [1.165, 1.54) is 4.90 Å². The van der Waals surface area contributed by atoms with Crippen LogP contribution in [0.3, 0.4) is 0 Å². The number of aromatic nitrogens is 1. The number of hydrogen-bond acceptors (Lipinski definition) is 5. The molecular weight excluding hydrogens is 334 g/mol. The average molecular weight is 357 g/mol. The van der Waals surface area contributed by atoms with Gasteiger partial charge in [-0.25, -0.2) is 4.79 Å². The van der Waals surface area contributed by atoms with E-state index >= 15 is 0 Å². The van der Waals surface area contributed by atoms with E-state index in [1.54, 1.807) is 27.0 Å². The van der Waals surface area contributed by atoms with E-state index in [-0.39, 0.29) is 18.9 Å². The highest BCUT2D eigenvalue weighted by molar-refractivity contribution is 5.98. The van der Waals surface area contributed by atoms with Crippen LogP contribution in [0.5, 0.6) is 0 Å². The number of aliphatic hydroxyl groups excluding tert-OH is 1. The molecule has 1 aliphatic rings. The maximum absolute atomic E-state index is 12.7. The fourth-order valence-corrected chi connectivity index (χ4v) is 2.95. The molecule has 1 fully saturated rings. The number of pyridine rings is 1. The maximum Gasteiger partial charge on any atom is 0.411 e. The van der Waals surface area contributed by atoms with Gasteiger partial charge >= 0.3 is 6.09 Å². The van der Waals surface area contributed by atoms with Crippen LogP contribution < -0.4 is 5.32 Å². The van der Waals surface area contributed by atoms with Crippen molar-refractivity contribution in [2.24, 2.45) is 0 Å². The Kier molecular flexibility index (Phi) is 4.82. The molecule has 0 saturated carbocycles. The Balaban J connectivity index is 1.75. The van der Waals surface area contributed by atoms with Crippen LogP contribution in [0.15, 0.2) is 36.5 Å². The van der Waals surface area contributed by atoms with Crippen LogP contribution in [0.1, 0.15) is 27.2 Å². The summed E-state index contributed by atoms with van der Waals surface area (Å²) in [6, 6.07) is 8.62. The largest absolute Gasteiger partial charge is 0.444 e. The van der Waals surface area contributed by atoms with Crippen molar-refractivity contribution in [1.82, 2.24) is 9.88 Å². The zero-order chi connectivity index (χ0) is 18.9. The number of rotatable bonds is 2. The van der Waals surface area contributed by atoms with Crippen LogP contribution in [0, 0.1) is 0 Å². The molecule has 2 atom stereocenters. The monoisotopic (exact) mass is 357 g/mol. The van der Waals surface area contributed by atoms with Crippen LogP contribution >= 0.6 is 0 Å². The van der Waals surface area contributed by atoms with Crippen molar-refractivity contribution in [3.63, 3.8) is 0 Å². The molecule has 0 bridgehead atoms. The molecule has 1 saturated heterocycles. The van der Waals surface area contributed by atoms with Crippen LogP contribution in [-0.2, 0) is 9.53 Å².